The molecule has 214 valence electrons. The molecule has 1 unspecified atom stereocenters. The highest BCUT2D eigenvalue weighted by atomic mass is 32.2. The molecule has 2 aliphatic heterocycles. The van der Waals surface area contributed by atoms with Gasteiger partial charge in [0, 0.05) is 19.1 Å². The summed E-state index contributed by atoms with van der Waals surface area (Å²) in [5, 5.41) is 0. The molecule has 0 bridgehead atoms. The fourth-order valence-corrected chi connectivity index (χ4v) is 5.89. The highest BCUT2D eigenvalue weighted by Gasteiger charge is 2.47. The van der Waals surface area contributed by atoms with E-state index in [1.54, 1.807) is 42.5 Å². The minimum absolute atomic E-state index is 0.0904. The van der Waals surface area contributed by atoms with E-state index in [1.807, 2.05) is 0 Å². The molecule has 0 aliphatic carbocycles. The maximum Gasteiger partial charge on any atom is 0.427 e. The number of hydrogen-bond acceptors (Lipinski definition) is 7. The third kappa shape index (κ3) is 7.62. The molecule has 0 radical (unpaired) electrons. The van der Waals surface area contributed by atoms with E-state index in [0.717, 1.165) is 0 Å². The molecule has 1 spiro atoms. The van der Waals surface area contributed by atoms with Gasteiger partial charge in [-0.2, -0.15) is 13.2 Å². The van der Waals surface area contributed by atoms with Crippen LogP contribution in [0.4, 0.5) is 18.0 Å². The van der Waals surface area contributed by atoms with Crippen LogP contribution in [0, 0.1) is 0 Å². The van der Waals surface area contributed by atoms with Crippen molar-refractivity contribution in [3.05, 3.63) is 60.2 Å². The number of hydrogen-bond donors (Lipinski definition) is 1. The molecule has 2 atom stereocenters. The third-order valence-electron chi connectivity index (χ3n) is 6.82. The summed E-state index contributed by atoms with van der Waals surface area (Å²) < 4.78 is 89.5. The first-order valence-corrected chi connectivity index (χ1v) is 13.9. The van der Waals surface area contributed by atoms with Crippen LogP contribution in [0.25, 0.3) is 0 Å². The number of nitrogens with zero attached hydrogens (tertiary/aromatic N) is 1. The van der Waals surface area contributed by atoms with Crippen LogP contribution < -0.4 is 9.46 Å². The summed E-state index contributed by atoms with van der Waals surface area (Å²) in [5.74, 6) is 0.608. The Morgan fingerprint density at radius 3 is 2.41 bits per heavy atom. The number of halogens is 3. The molecular weight excluding hydrogens is 541 g/mol. The molecule has 0 saturated carbocycles. The standard InChI is InChI=1S/C26H31F3N2O7S/c1-35-21-9-7-19(8-10-21)16-36-18-23(26(27,28)29)38-24(32)31-13-11-25(12-14-31)15-20(17-37-25)30-39(33,34)22-5-3-2-4-6-22/h2-10,20,23,30H,11-18H2,1H3/t20?,23-/m1/s1. The first-order chi connectivity index (χ1) is 18.5. The Morgan fingerprint density at radius 2 is 1.79 bits per heavy atom. The van der Waals surface area contributed by atoms with E-state index in [1.165, 1.54) is 24.1 Å². The Bertz CT molecular complexity index is 1200. The van der Waals surface area contributed by atoms with Crippen LogP contribution in [-0.4, -0.2) is 76.7 Å². The van der Waals surface area contributed by atoms with Crippen LogP contribution in [0.1, 0.15) is 24.8 Å². The average molecular weight is 573 g/mol. The smallest absolute Gasteiger partial charge is 0.427 e. The number of carbonyl (C=O) groups excluding carboxylic acids is 1. The first-order valence-electron chi connectivity index (χ1n) is 12.4. The molecule has 2 aromatic carbocycles. The van der Waals surface area contributed by atoms with E-state index < -0.39 is 46.6 Å². The number of sulfonamides is 1. The SMILES string of the molecule is COc1ccc(COC[C@@H](OC(=O)N2CCC3(CC2)CC(NS(=O)(=O)c2ccccc2)CO3)C(F)(F)F)cc1. The number of alkyl halides is 3. The van der Waals surface area contributed by atoms with E-state index in [2.05, 4.69) is 4.72 Å². The zero-order valence-electron chi connectivity index (χ0n) is 21.4. The number of benzene rings is 2. The number of carbonyl (C=O) groups is 1. The van der Waals surface area contributed by atoms with Crippen molar-refractivity contribution in [3.63, 3.8) is 0 Å². The maximum atomic E-state index is 13.5. The minimum atomic E-state index is -4.80. The molecule has 1 N–H and O–H groups in total. The number of rotatable bonds is 9. The van der Waals surface area contributed by atoms with Crippen LogP contribution in [0.5, 0.6) is 5.75 Å². The fraction of sp³-hybridized carbons (Fsp3) is 0.500. The number of piperidine rings is 1. The molecule has 1 amide bonds. The number of ether oxygens (including phenoxy) is 4. The van der Waals surface area contributed by atoms with Gasteiger partial charge < -0.3 is 23.8 Å². The van der Waals surface area contributed by atoms with Gasteiger partial charge >= 0.3 is 12.3 Å². The molecule has 4 rings (SSSR count). The Labute approximate surface area is 225 Å². The van der Waals surface area contributed by atoms with E-state index in [9.17, 15) is 26.4 Å². The normalized spacial score (nSPS) is 20.1. The van der Waals surface area contributed by atoms with Crippen molar-refractivity contribution >= 4 is 16.1 Å². The summed E-state index contributed by atoms with van der Waals surface area (Å²) in [6.45, 7) is -0.529. The molecule has 39 heavy (non-hydrogen) atoms. The summed E-state index contributed by atoms with van der Waals surface area (Å²) in [7, 11) is -2.21. The first kappa shape index (κ1) is 29.1. The summed E-state index contributed by atoms with van der Waals surface area (Å²) in [6, 6.07) is 14.2. The van der Waals surface area contributed by atoms with Crippen LogP contribution in [0.3, 0.4) is 0 Å². The summed E-state index contributed by atoms with van der Waals surface area (Å²) in [6.07, 6.45) is -7.22. The van der Waals surface area contributed by atoms with Crippen molar-refractivity contribution in [2.75, 3.05) is 33.4 Å². The van der Waals surface area contributed by atoms with Crippen LogP contribution in [0.2, 0.25) is 0 Å². The molecule has 2 aromatic rings. The molecule has 9 nitrogen and oxygen atoms in total. The second kappa shape index (κ2) is 12.1. The minimum Gasteiger partial charge on any atom is -0.497 e. The number of likely N-dealkylation sites (tertiary alicyclic amines) is 1. The van der Waals surface area contributed by atoms with Crippen molar-refractivity contribution in [3.8, 4) is 5.75 Å². The molecule has 2 fully saturated rings. The lowest BCUT2D eigenvalue weighted by atomic mass is 9.88. The number of methoxy groups -OCH3 is 1. The molecular formula is C26H31F3N2O7S. The molecule has 2 saturated heterocycles. The Morgan fingerprint density at radius 1 is 1.13 bits per heavy atom. The zero-order valence-corrected chi connectivity index (χ0v) is 22.2. The van der Waals surface area contributed by atoms with Gasteiger partial charge in [-0.3, -0.25) is 0 Å². The molecule has 2 heterocycles. The Balaban J connectivity index is 1.25. The summed E-state index contributed by atoms with van der Waals surface area (Å²) in [5.41, 5.74) is -0.0174. The lowest BCUT2D eigenvalue weighted by molar-refractivity contribution is -0.220. The van der Waals surface area contributed by atoms with Crippen molar-refractivity contribution in [1.82, 2.24) is 9.62 Å². The predicted molar refractivity (Wildman–Crippen MR) is 134 cm³/mol. The lowest BCUT2D eigenvalue weighted by Gasteiger charge is -2.38. The van der Waals surface area contributed by atoms with Gasteiger partial charge in [0.2, 0.25) is 16.1 Å². The second-order valence-electron chi connectivity index (χ2n) is 9.59. The molecule has 2 aliphatic rings. The van der Waals surface area contributed by atoms with Gasteiger partial charge in [-0.05, 0) is 49.1 Å². The highest BCUT2D eigenvalue weighted by molar-refractivity contribution is 7.89. The third-order valence-corrected chi connectivity index (χ3v) is 8.36. The van der Waals surface area contributed by atoms with Gasteiger partial charge in [-0.15, -0.1) is 0 Å². The van der Waals surface area contributed by atoms with Crippen LogP contribution in [0.15, 0.2) is 59.5 Å². The van der Waals surface area contributed by atoms with Crippen LogP contribution in [-0.2, 0) is 30.8 Å². The van der Waals surface area contributed by atoms with Gasteiger partial charge in [0.1, 0.15) is 5.75 Å². The molecule has 13 heteroatoms. The van der Waals surface area contributed by atoms with Gasteiger partial charge in [0.05, 0.1) is 37.4 Å². The fourth-order valence-electron chi connectivity index (χ4n) is 4.65. The quantitative estimate of drug-likeness (QED) is 0.487. The van der Waals surface area contributed by atoms with E-state index in [4.69, 9.17) is 18.9 Å². The average Bonchev–Trinajstić information content (AvgIpc) is 3.29. The van der Waals surface area contributed by atoms with E-state index >= 15 is 0 Å². The Hall–Kier alpha value is -2.87. The van der Waals surface area contributed by atoms with Crippen LogP contribution >= 0.6 is 0 Å². The predicted octanol–water partition coefficient (Wildman–Crippen LogP) is 3.88. The topological polar surface area (TPSA) is 103 Å². The zero-order chi connectivity index (χ0) is 28.1. The van der Waals surface area contributed by atoms with Crippen molar-refractivity contribution in [2.24, 2.45) is 0 Å². The Kier molecular flexibility index (Phi) is 9.04. The number of amides is 1. The van der Waals surface area contributed by atoms with Gasteiger partial charge in [0.15, 0.2) is 0 Å². The second-order valence-corrected chi connectivity index (χ2v) is 11.3. The van der Waals surface area contributed by atoms with Crippen molar-refractivity contribution in [2.45, 2.75) is 54.7 Å². The number of nitrogens with one attached hydrogen (secondary N) is 1. The van der Waals surface area contributed by atoms with E-state index in [0.29, 0.717) is 30.6 Å². The molecule has 0 aromatic heterocycles. The van der Waals surface area contributed by atoms with Gasteiger partial charge in [-0.25, -0.2) is 17.9 Å². The summed E-state index contributed by atoms with van der Waals surface area (Å²) in [4.78, 5) is 13.9. The van der Waals surface area contributed by atoms with Gasteiger partial charge in [-0.1, -0.05) is 30.3 Å². The lowest BCUT2D eigenvalue weighted by Crippen LogP contribution is -2.49. The van der Waals surface area contributed by atoms with Crippen molar-refractivity contribution in [1.29, 1.82) is 0 Å². The summed E-state index contributed by atoms with van der Waals surface area (Å²) >= 11 is 0. The monoisotopic (exact) mass is 572 g/mol. The highest BCUT2D eigenvalue weighted by Crippen LogP contribution is 2.37. The van der Waals surface area contributed by atoms with E-state index in [-0.39, 0.29) is 31.2 Å². The van der Waals surface area contributed by atoms with Gasteiger partial charge in [0.25, 0.3) is 0 Å². The van der Waals surface area contributed by atoms with Crippen molar-refractivity contribution < 1.29 is 45.3 Å². The maximum absolute atomic E-state index is 13.5. The largest absolute Gasteiger partial charge is 0.497 e.